The number of rotatable bonds is 3. The third-order valence-electron chi connectivity index (χ3n) is 2.19. The standard InChI is InChI=1S/C10H16N2O2/c1-6-8(10(11)7(2)13)4-5-9(12-6)14-3/h4-5,7,10,13H,11H2,1-3H3/t7-,10-/m0/s1. The molecular weight excluding hydrogens is 180 g/mol. The predicted octanol–water partition coefficient (Wildman–Crippen LogP) is 0.779. The van der Waals surface area contributed by atoms with Gasteiger partial charge in [-0.3, -0.25) is 0 Å². The van der Waals surface area contributed by atoms with Crippen LogP contribution < -0.4 is 10.5 Å². The summed E-state index contributed by atoms with van der Waals surface area (Å²) in [5, 5.41) is 9.34. The maximum absolute atomic E-state index is 9.34. The summed E-state index contributed by atoms with van der Waals surface area (Å²) in [7, 11) is 1.57. The van der Waals surface area contributed by atoms with Crippen LogP contribution in [0.5, 0.6) is 5.88 Å². The highest BCUT2D eigenvalue weighted by atomic mass is 16.5. The molecule has 0 unspecified atom stereocenters. The number of methoxy groups -OCH3 is 1. The lowest BCUT2D eigenvalue weighted by Gasteiger charge is -2.17. The van der Waals surface area contributed by atoms with E-state index in [4.69, 9.17) is 10.5 Å². The lowest BCUT2D eigenvalue weighted by Crippen LogP contribution is -2.24. The average molecular weight is 196 g/mol. The van der Waals surface area contributed by atoms with Crippen LogP contribution in [0.25, 0.3) is 0 Å². The molecule has 1 aromatic heterocycles. The molecule has 0 aliphatic rings. The van der Waals surface area contributed by atoms with Gasteiger partial charge >= 0.3 is 0 Å². The topological polar surface area (TPSA) is 68.4 Å². The largest absolute Gasteiger partial charge is 0.481 e. The molecule has 0 amide bonds. The average Bonchev–Trinajstić information content (AvgIpc) is 2.16. The van der Waals surface area contributed by atoms with Crippen molar-refractivity contribution in [1.82, 2.24) is 4.98 Å². The molecule has 1 heterocycles. The SMILES string of the molecule is COc1ccc([C@@H](N)[C@H](C)O)c(C)n1. The van der Waals surface area contributed by atoms with Gasteiger partial charge in [0.15, 0.2) is 0 Å². The Balaban J connectivity index is 2.99. The number of pyridine rings is 1. The molecule has 1 aromatic rings. The molecule has 0 bridgehead atoms. The molecule has 78 valence electrons. The summed E-state index contributed by atoms with van der Waals surface area (Å²) in [4.78, 5) is 4.18. The molecule has 0 radical (unpaired) electrons. The van der Waals surface area contributed by atoms with Crippen molar-refractivity contribution >= 4 is 0 Å². The molecule has 2 atom stereocenters. The van der Waals surface area contributed by atoms with Crippen LogP contribution in [0, 0.1) is 6.92 Å². The number of nitrogens with two attached hydrogens (primary N) is 1. The second-order valence-electron chi connectivity index (χ2n) is 3.29. The molecule has 3 N–H and O–H groups in total. The second kappa shape index (κ2) is 4.39. The Morgan fingerprint density at radius 1 is 1.50 bits per heavy atom. The van der Waals surface area contributed by atoms with Crippen LogP contribution in [0.3, 0.4) is 0 Å². The van der Waals surface area contributed by atoms with Crippen molar-refractivity contribution < 1.29 is 9.84 Å². The summed E-state index contributed by atoms with van der Waals surface area (Å²) in [6.45, 7) is 3.51. The normalized spacial score (nSPS) is 14.9. The Morgan fingerprint density at radius 3 is 2.57 bits per heavy atom. The van der Waals surface area contributed by atoms with Gasteiger partial charge in [-0.15, -0.1) is 0 Å². The zero-order valence-electron chi connectivity index (χ0n) is 8.69. The summed E-state index contributed by atoms with van der Waals surface area (Å²) >= 11 is 0. The summed E-state index contributed by atoms with van der Waals surface area (Å²) in [6.07, 6.45) is -0.580. The molecule has 1 rings (SSSR count). The highest BCUT2D eigenvalue weighted by molar-refractivity contribution is 5.28. The van der Waals surface area contributed by atoms with Crippen molar-refractivity contribution in [3.8, 4) is 5.88 Å². The van der Waals surface area contributed by atoms with Gasteiger partial charge in [-0.2, -0.15) is 0 Å². The minimum Gasteiger partial charge on any atom is -0.481 e. The van der Waals surface area contributed by atoms with E-state index < -0.39 is 12.1 Å². The van der Waals surface area contributed by atoms with Crippen molar-refractivity contribution in [3.05, 3.63) is 23.4 Å². The minimum absolute atomic E-state index is 0.395. The number of aryl methyl sites for hydroxylation is 1. The molecule has 0 saturated heterocycles. The molecular formula is C10H16N2O2. The lowest BCUT2D eigenvalue weighted by molar-refractivity contribution is 0.163. The van der Waals surface area contributed by atoms with E-state index in [1.807, 2.05) is 13.0 Å². The van der Waals surface area contributed by atoms with Crippen molar-refractivity contribution in [1.29, 1.82) is 0 Å². The first-order valence-electron chi connectivity index (χ1n) is 4.51. The third kappa shape index (κ3) is 2.21. The Kier molecular flexibility index (Phi) is 3.43. The number of hydrogen-bond acceptors (Lipinski definition) is 4. The number of hydrogen-bond donors (Lipinski definition) is 2. The van der Waals surface area contributed by atoms with Gasteiger partial charge in [0.05, 0.1) is 19.3 Å². The fourth-order valence-corrected chi connectivity index (χ4v) is 1.27. The van der Waals surface area contributed by atoms with Crippen molar-refractivity contribution in [2.45, 2.75) is 26.0 Å². The molecule has 14 heavy (non-hydrogen) atoms. The van der Waals surface area contributed by atoms with Gasteiger partial charge in [-0.1, -0.05) is 6.07 Å². The minimum atomic E-state index is -0.580. The smallest absolute Gasteiger partial charge is 0.213 e. The summed E-state index contributed by atoms with van der Waals surface area (Å²) < 4.78 is 4.98. The van der Waals surface area contributed by atoms with E-state index in [0.717, 1.165) is 11.3 Å². The summed E-state index contributed by atoms with van der Waals surface area (Å²) in [5.41, 5.74) is 7.44. The number of aliphatic hydroxyl groups excluding tert-OH is 1. The molecule has 4 nitrogen and oxygen atoms in total. The Labute approximate surface area is 83.7 Å². The van der Waals surface area contributed by atoms with Crippen LogP contribution in [0.1, 0.15) is 24.2 Å². The van der Waals surface area contributed by atoms with E-state index in [2.05, 4.69) is 4.98 Å². The lowest BCUT2D eigenvalue weighted by atomic mass is 10.0. The van der Waals surface area contributed by atoms with Gasteiger partial charge < -0.3 is 15.6 Å². The highest BCUT2D eigenvalue weighted by Gasteiger charge is 2.15. The van der Waals surface area contributed by atoms with E-state index in [0.29, 0.717) is 5.88 Å². The first-order chi connectivity index (χ1) is 6.56. The highest BCUT2D eigenvalue weighted by Crippen LogP contribution is 2.19. The van der Waals surface area contributed by atoms with Gasteiger partial charge in [0, 0.05) is 11.8 Å². The molecule has 0 aliphatic heterocycles. The van der Waals surface area contributed by atoms with E-state index in [9.17, 15) is 5.11 Å². The van der Waals surface area contributed by atoms with Crippen LogP contribution >= 0.6 is 0 Å². The van der Waals surface area contributed by atoms with Crippen molar-refractivity contribution in [2.24, 2.45) is 5.73 Å². The van der Waals surface area contributed by atoms with E-state index in [-0.39, 0.29) is 0 Å². The third-order valence-corrected chi connectivity index (χ3v) is 2.19. The van der Waals surface area contributed by atoms with E-state index >= 15 is 0 Å². The first kappa shape index (κ1) is 10.9. The van der Waals surface area contributed by atoms with E-state index in [1.165, 1.54) is 0 Å². The molecule has 0 spiro atoms. The Bertz CT molecular complexity index is 313. The molecule has 0 saturated carbocycles. The maximum Gasteiger partial charge on any atom is 0.213 e. The second-order valence-corrected chi connectivity index (χ2v) is 3.29. The van der Waals surface area contributed by atoms with Crippen LogP contribution in [0.4, 0.5) is 0 Å². The quantitative estimate of drug-likeness (QED) is 0.749. The summed E-state index contributed by atoms with van der Waals surface area (Å²) in [6, 6.07) is 3.18. The van der Waals surface area contributed by atoms with Gasteiger partial charge in [0.2, 0.25) is 5.88 Å². The van der Waals surface area contributed by atoms with Gasteiger partial charge in [0.25, 0.3) is 0 Å². The molecule has 0 aliphatic carbocycles. The fourth-order valence-electron chi connectivity index (χ4n) is 1.27. The van der Waals surface area contributed by atoms with E-state index in [1.54, 1.807) is 20.1 Å². The summed E-state index contributed by atoms with van der Waals surface area (Å²) in [5.74, 6) is 0.559. The van der Waals surface area contributed by atoms with Crippen LogP contribution in [-0.4, -0.2) is 23.3 Å². The zero-order chi connectivity index (χ0) is 10.7. The molecule has 0 fully saturated rings. The van der Waals surface area contributed by atoms with Gasteiger partial charge in [-0.25, -0.2) is 4.98 Å². The van der Waals surface area contributed by atoms with Crippen LogP contribution in [0.2, 0.25) is 0 Å². The van der Waals surface area contributed by atoms with Crippen LogP contribution in [0.15, 0.2) is 12.1 Å². The number of nitrogens with zero attached hydrogens (tertiary/aromatic N) is 1. The number of ether oxygens (including phenoxy) is 1. The monoisotopic (exact) mass is 196 g/mol. The Morgan fingerprint density at radius 2 is 2.14 bits per heavy atom. The fraction of sp³-hybridized carbons (Fsp3) is 0.500. The number of aromatic nitrogens is 1. The molecule has 0 aromatic carbocycles. The first-order valence-corrected chi connectivity index (χ1v) is 4.51. The number of aliphatic hydroxyl groups is 1. The van der Waals surface area contributed by atoms with Gasteiger partial charge in [0.1, 0.15) is 0 Å². The predicted molar refractivity (Wildman–Crippen MR) is 54.1 cm³/mol. The van der Waals surface area contributed by atoms with Crippen LogP contribution in [-0.2, 0) is 0 Å². The zero-order valence-corrected chi connectivity index (χ0v) is 8.69. The van der Waals surface area contributed by atoms with Crippen molar-refractivity contribution in [2.75, 3.05) is 7.11 Å². The maximum atomic E-state index is 9.34. The Hall–Kier alpha value is -1.13. The van der Waals surface area contributed by atoms with Crippen molar-refractivity contribution in [3.63, 3.8) is 0 Å². The molecule has 4 heteroatoms. The van der Waals surface area contributed by atoms with Gasteiger partial charge in [-0.05, 0) is 19.4 Å².